The van der Waals surface area contributed by atoms with Crippen LogP contribution in [-0.2, 0) is 42.7 Å². The second kappa shape index (κ2) is 19.8. The SMILES string of the molecule is CC1=CC23CCC4C(C)(C(=O)OC5OC(CO)C(O)C(O)C5O)CCCC4(I)C2CCC1(OC1OC(CO)C(O)C(OC2OC(CO)C(O)C(O)C2O)C1OC1OC(CO)C(O)C(O)C1O)C3. The van der Waals surface area contributed by atoms with Gasteiger partial charge in [0.25, 0.3) is 0 Å². The van der Waals surface area contributed by atoms with Crippen LogP contribution in [0.5, 0.6) is 0 Å². The number of esters is 1. The maximum Gasteiger partial charge on any atom is 0.314 e. The zero-order valence-electron chi connectivity index (χ0n) is 37.1. The summed E-state index contributed by atoms with van der Waals surface area (Å²) in [4.78, 5) is 14.3. The normalized spacial score (nSPS) is 54.4. The fourth-order valence-corrected chi connectivity index (χ4v) is 15.0. The van der Waals surface area contributed by atoms with E-state index in [1.807, 2.05) is 13.8 Å². The van der Waals surface area contributed by atoms with Gasteiger partial charge >= 0.3 is 5.97 Å². The van der Waals surface area contributed by atoms with Gasteiger partial charge in [0, 0.05) is 3.42 Å². The molecule has 7 fully saturated rings. The van der Waals surface area contributed by atoms with E-state index in [9.17, 15) is 76.3 Å². The third-order valence-corrected chi connectivity index (χ3v) is 18.5. The van der Waals surface area contributed by atoms with Gasteiger partial charge in [0.15, 0.2) is 18.9 Å². The quantitative estimate of drug-likeness (QED) is 0.0286. The lowest BCUT2D eigenvalue weighted by molar-refractivity contribution is -0.400. The average molecular weight is 1080 g/mol. The fraction of sp³-hybridized carbons (Fsp3) is 0.930. The second-order valence-electron chi connectivity index (χ2n) is 20.1. The van der Waals surface area contributed by atoms with Crippen LogP contribution in [0, 0.1) is 22.7 Å². The van der Waals surface area contributed by atoms with Crippen molar-refractivity contribution >= 4 is 28.6 Å². The summed E-state index contributed by atoms with van der Waals surface area (Å²) in [6, 6.07) is 0. The lowest BCUT2D eigenvalue weighted by atomic mass is 9.46. The molecule has 24 heteroatoms. The summed E-state index contributed by atoms with van der Waals surface area (Å²) >= 11 is 2.50. The minimum absolute atomic E-state index is 0.00377. The summed E-state index contributed by atoms with van der Waals surface area (Å²) in [6.45, 7) is 0.648. The van der Waals surface area contributed by atoms with Crippen LogP contribution in [0.3, 0.4) is 0 Å². The first-order chi connectivity index (χ1) is 31.6. The predicted molar refractivity (Wildman–Crippen MR) is 228 cm³/mol. The number of halogens is 1. The number of hydrogen-bond acceptors (Lipinski definition) is 23. The van der Waals surface area contributed by atoms with E-state index in [1.54, 1.807) is 0 Å². The molecule has 384 valence electrons. The van der Waals surface area contributed by atoms with E-state index in [0.29, 0.717) is 44.9 Å². The minimum atomic E-state index is -1.95. The second-order valence-corrected chi connectivity index (χ2v) is 22.2. The van der Waals surface area contributed by atoms with Crippen molar-refractivity contribution in [2.45, 2.75) is 197 Å². The average Bonchev–Trinajstić information content (AvgIpc) is 3.50. The van der Waals surface area contributed by atoms with E-state index in [4.69, 9.17) is 37.9 Å². The summed E-state index contributed by atoms with van der Waals surface area (Å²) < 4.78 is 47.8. The van der Waals surface area contributed by atoms with Crippen molar-refractivity contribution in [3.05, 3.63) is 11.6 Å². The van der Waals surface area contributed by atoms with E-state index in [-0.39, 0.29) is 11.8 Å². The number of aliphatic hydroxyl groups is 14. The standard InChI is InChI=1S/C43H67IO23/c1-16-10-41-8-4-21-40(2,39(59)66-37-32(58)29(55)25(51)19(13-47)62-37)6-3-7-43(21,44)22(41)5-9-42(16,15-41)67-38-34(65-36-31(57)28(54)24(50)18(12-46)61-36)33(26(52)20(14-48)63-38)64-35-30(56)27(53)23(49)17(11-45)60-35/h10,17-38,45-58H,3-9,11-15H2,1-2H3. The van der Waals surface area contributed by atoms with Gasteiger partial charge in [-0.2, -0.15) is 0 Å². The topological polar surface area (TPSA) is 374 Å². The maximum atomic E-state index is 14.3. The summed E-state index contributed by atoms with van der Waals surface area (Å²) in [5.74, 6) is -0.850. The Hall–Kier alpha value is -0.900. The van der Waals surface area contributed by atoms with Gasteiger partial charge in [-0.25, -0.2) is 0 Å². The number of carbonyl (C=O) groups is 1. The number of hydrogen-bond donors (Lipinski definition) is 14. The van der Waals surface area contributed by atoms with Crippen LogP contribution in [0.25, 0.3) is 0 Å². The van der Waals surface area contributed by atoms with Gasteiger partial charge in [-0.3, -0.25) is 4.79 Å². The molecular formula is C43H67IO23. The van der Waals surface area contributed by atoms with Crippen molar-refractivity contribution in [1.29, 1.82) is 0 Å². The molecule has 0 aromatic heterocycles. The van der Waals surface area contributed by atoms with Crippen LogP contribution in [0.15, 0.2) is 11.6 Å². The highest BCUT2D eigenvalue weighted by atomic mass is 127. The van der Waals surface area contributed by atoms with Crippen LogP contribution in [0.1, 0.15) is 65.2 Å². The Morgan fingerprint density at radius 2 is 1.06 bits per heavy atom. The molecule has 14 N–H and O–H groups in total. The summed E-state index contributed by atoms with van der Waals surface area (Å²) in [6.07, 6.45) is -27.4. The Morgan fingerprint density at radius 3 is 1.60 bits per heavy atom. The molecule has 2 bridgehead atoms. The maximum absolute atomic E-state index is 14.3. The zero-order valence-corrected chi connectivity index (χ0v) is 39.2. The van der Waals surface area contributed by atoms with E-state index < -0.39 is 175 Å². The molecule has 4 heterocycles. The molecule has 4 aliphatic carbocycles. The number of aliphatic hydroxyl groups excluding tert-OH is 14. The van der Waals surface area contributed by atoms with E-state index in [0.717, 1.165) is 12.0 Å². The number of alkyl halides is 1. The minimum Gasteiger partial charge on any atom is -0.432 e. The zero-order chi connectivity index (χ0) is 48.7. The number of rotatable bonds is 12. The molecule has 0 amide bonds. The van der Waals surface area contributed by atoms with Crippen molar-refractivity contribution in [1.82, 2.24) is 0 Å². The monoisotopic (exact) mass is 1080 g/mol. The number of carbonyl (C=O) groups excluding carboxylic acids is 1. The third kappa shape index (κ3) is 8.85. The number of allylic oxidation sites excluding steroid dienone is 1. The highest BCUT2D eigenvalue weighted by molar-refractivity contribution is 14.1. The van der Waals surface area contributed by atoms with Crippen LogP contribution in [0.4, 0.5) is 0 Å². The summed E-state index contributed by atoms with van der Waals surface area (Å²) in [5.41, 5.74) is -1.80. The van der Waals surface area contributed by atoms with Gasteiger partial charge in [-0.1, -0.05) is 35.1 Å². The molecule has 8 aliphatic rings. The Labute approximate surface area is 399 Å². The molecule has 67 heavy (non-hydrogen) atoms. The molecule has 8 rings (SSSR count). The van der Waals surface area contributed by atoms with E-state index >= 15 is 0 Å². The molecule has 3 saturated carbocycles. The molecule has 4 saturated heterocycles. The van der Waals surface area contributed by atoms with Crippen molar-refractivity contribution < 1.29 is 114 Å². The van der Waals surface area contributed by atoms with Gasteiger partial charge in [-0.15, -0.1) is 0 Å². The van der Waals surface area contributed by atoms with Crippen LogP contribution >= 0.6 is 22.6 Å². The summed E-state index contributed by atoms with van der Waals surface area (Å²) in [5, 5.41) is 148. The van der Waals surface area contributed by atoms with E-state index in [1.165, 1.54) is 0 Å². The van der Waals surface area contributed by atoms with Crippen molar-refractivity contribution in [2.75, 3.05) is 26.4 Å². The van der Waals surface area contributed by atoms with Gasteiger partial charge < -0.3 is 109 Å². The lowest BCUT2D eigenvalue weighted by Gasteiger charge is -2.63. The highest BCUT2D eigenvalue weighted by Gasteiger charge is 2.69. The van der Waals surface area contributed by atoms with Crippen LogP contribution in [-0.4, -0.2) is 236 Å². The molecule has 0 aromatic carbocycles. The molecule has 26 unspecified atom stereocenters. The fourth-order valence-electron chi connectivity index (χ4n) is 12.7. The van der Waals surface area contributed by atoms with Gasteiger partial charge in [0.05, 0.1) is 37.4 Å². The molecule has 0 radical (unpaired) electrons. The first-order valence-electron chi connectivity index (χ1n) is 23.1. The van der Waals surface area contributed by atoms with Crippen LogP contribution < -0.4 is 0 Å². The molecule has 26 atom stereocenters. The number of fused-ring (bicyclic) bond motifs is 3. The first-order valence-corrected chi connectivity index (χ1v) is 24.2. The highest BCUT2D eigenvalue weighted by Crippen LogP contribution is 2.71. The molecule has 23 nitrogen and oxygen atoms in total. The Kier molecular flexibility index (Phi) is 15.5. The van der Waals surface area contributed by atoms with E-state index in [2.05, 4.69) is 28.7 Å². The Morgan fingerprint density at radius 1 is 0.597 bits per heavy atom. The lowest BCUT2D eigenvalue weighted by Crippen LogP contribution is -2.68. The van der Waals surface area contributed by atoms with Crippen molar-refractivity contribution in [2.24, 2.45) is 22.7 Å². The smallest absolute Gasteiger partial charge is 0.314 e. The van der Waals surface area contributed by atoms with Crippen molar-refractivity contribution in [3.8, 4) is 0 Å². The third-order valence-electron chi connectivity index (χ3n) is 16.4. The first kappa shape index (κ1) is 52.4. The van der Waals surface area contributed by atoms with Gasteiger partial charge in [0.2, 0.25) is 6.29 Å². The number of ether oxygens (including phenoxy) is 8. The summed E-state index contributed by atoms with van der Waals surface area (Å²) in [7, 11) is 0. The predicted octanol–water partition coefficient (Wildman–Crippen LogP) is -4.95. The Bertz CT molecular complexity index is 1780. The molecular weight excluding hydrogens is 1010 g/mol. The Balaban J connectivity index is 1.07. The molecule has 4 aliphatic heterocycles. The van der Waals surface area contributed by atoms with Crippen molar-refractivity contribution in [3.63, 3.8) is 0 Å². The largest absolute Gasteiger partial charge is 0.432 e. The van der Waals surface area contributed by atoms with Gasteiger partial charge in [-0.05, 0) is 81.6 Å². The van der Waals surface area contributed by atoms with Gasteiger partial charge in [0.1, 0.15) is 97.7 Å². The van der Waals surface area contributed by atoms with Crippen LogP contribution in [0.2, 0.25) is 0 Å². The molecule has 0 aromatic rings. The molecule has 1 spiro atoms.